The Labute approximate surface area is 150 Å². The normalized spacial score (nSPS) is 13.5. The average Bonchev–Trinajstić information content (AvgIpc) is 3.16. The molecule has 2 aromatic rings. The van der Waals surface area contributed by atoms with Gasteiger partial charge in [-0.2, -0.15) is 5.10 Å². The number of fused-ring (bicyclic) bond motifs is 1. The molecule has 25 heavy (non-hydrogen) atoms. The number of hydrogen-bond donors (Lipinski definition) is 2. The van der Waals surface area contributed by atoms with Crippen molar-refractivity contribution in [1.82, 2.24) is 5.43 Å². The van der Waals surface area contributed by atoms with E-state index in [0.29, 0.717) is 10.6 Å². The lowest BCUT2D eigenvalue weighted by Crippen LogP contribution is -2.22. The Morgan fingerprint density at radius 2 is 1.96 bits per heavy atom. The van der Waals surface area contributed by atoms with Crippen LogP contribution in [0, 0.1) is 0 Å². The predicted octanol–water partition coefficient (Wildman–Crippen LogP) is 3.99. The number of anilines is 1. The van der Waals surface area contributed by atoms with Crippen LogP contribution in [0.15, 0.2) is 27.9 Å². The van der Waals surface area contributed by atoms with E-state index in [-0.39, 0.29) is 17.6 Å². The largest absolute Gasteiger partial charge is 0.459 e. The molecular formula is C18H21N3O3S. The summed E-state index contributed by atoms with van der Waals surface area (Å²) in [7, 11) is 0. The molecule has 0 atom stereocenters. The fourth-order valence-corrected chi connectivity index (χ4v) is 4.14. The number of hydrogen-bond acceptors (Lipinski definition) is 5. The van der Waals surface area contributed by atoms with Crippen LogP contribution in [0.2, 0.25) is 0 Å². The lowest BCUT2D eigenvalue weighted by atomic mass is 10.1. The van der Waals surface area contributed by atoms with Gasteiger partial charge in [0.1, 0.15) is 5.00 Å². The average molecular weight is 359 g/mol. The maximum absolute atomic E-state index is 12.7. The van der Waals surface area contributed by atoms with Crippen LogP contribution in [0.1, 0.15) is 64.5 Å². The third kappa shape index (κ3) is 3.99. The second-order valence-electron chi connectivity index (χ2n) is 6.20. The molecule has 1 aliphatic rings. The van der Waals surface area contributed by atoms with E-state index in [1.54, 1.807) is 12.1 Å². The summed E-state index contributed by atoms with van der Waals surface area (Å²) < 4.78 is 5.14. The van der Waals surface area contributed by atoms with E-state index >= 15 is 0 Å². The molecule has 1 aliphatic carbocycles. The molecule has 0 fully saturated rings. The van der Waals surface area contributed by atoms with E-state index in [2.05, 4.69) is 15.8 Å². The number of nitrogens with one attached hydrogen (secondary N) is 2. The second kappa shape index (κ2) is 7.65. The maximum Gasteiger partial charge on any atom is 0.291 e. The highest BCUT2D eigenvalue weighted by atomic mass is 32.1. The molecule has 0 aliphatic heterocycles. The van der Waals surface area contributed by atoms with E-state index in [1.165, 1.54) is 22.5 Å². The molecule has 0 radical (unpaired) electrons. The molecule has 6 nitrogen and oxygen atoms in total. The van der Waals surface area contributed by atoms with Gasteiger partial charge in [0.05, 0.1) is 11.8 Å². The zero-order valence-corrected chi connectivity index (χ0v) is 15.2. The Morgan fingerprint density at radius 1 is 1.16 bits per heavy atom. The van der Waals surface area contributed by atoms with Crippen molar-refractivity contribution in [3.8, 4) is 0 Å². The molecule has 0 saturated heterocycles. The van der Waals surface area contributed by atoms with Crippen LogP contribution in [0.25, 0.3) is 0 Å². The summed E-state index contributed by atoms with van der Waals surface area (Å²) in [6, 6.07) is 3.25. The number of rotatable bonds is 4. The molecule has 0 saturated carbocycles. The number of furan rings is 1. The van der Waals surface area contributed by atoms with Crippen molar-refractivity contribution in [2.24, 2.45) is 5.10 Å². The van der Waals surface area contributed by atoms with Gasteiger partial charge < -0.3 is 9.73 Å². The summed E-state index contributed by atoms with van der Waals surface area (Å²) in [5.41, 5.74) is 4.92. The van der Waals surface area contributed by atoms with Crippen molar-refractivity contribution in [2.75, 3.05) is 5.32 Å². The molecule has 0 bridgehead atoms. The highest BCUT2D eigenvalue weighted by molar-refractivity contribution is 7.17. The topological polar surface area (TPSA) is 83.7 Å². The van der Waals surface area contributed by atoms with E-state index in [1.807, 2.05) is 13.8 Å². The van der Waals surface area contributed by atoms with Gasteiger partial charge in [0.15, 0.2) is 5.76 Å². The first kappa shape index (κ1) is 17.4. The molecule has 7 heteroatoms. The standard InChI is InChI=1S/C18H21N3O3S/c1-11(2)20-21-17(23)15-12-7-4-3-5-9-14(12)25-18(15)19-16(22)13-8-6-10-24-13/h6,8,10H,3-5,7,9H2,1-2H3,(H,19,22)(H,21,23). The number of nitrogens with zero attached hydrogens (tertiary/aromatic N) is 1. The lowest BCUT2D eigenvalue weighted by molar-refractivity contribution is 0.0955. The summed E-state index contributed by atoms with van der Waals surface area (Å²) in [4.78, 5) is 26.2. The quantitative estimate of drug-likeness (QED) is 0.492. The Bertz CT molecular complexity index is 802. The van der Waals surface area contributed by atoms with Crippen LogP contribution < -0.4 is 10.7 Å². The van der Waals surface area contributed by atoms with Crippen LogP contribution in [-0.4, -0.2) is 17.5 Å². The van der Waals surface area contributed by atoms with Gasteiger partial charge in [-0.1, -0.05) is 6.42 Å². The Kier molecular flexibility index (Phi) is 5.33. The molecule has 2 aromatic heterocycles. The minimum absolute atomic E-state index is 0.220. The predicted molar refractivity (Wildman–Crippen MR) is 98.5 cm³/mol. The molecule has 0 unspecified atom stereocenters. The second-order valence-corrected chi connectivity index (χ2v) is 7.31. The molecule has 2 N–H and O–H groups in total. The number of amides is 2. The molecular weight excluding hydrogens is 338 g/mol. The van der Waals surface area contributed by atoms with Gasteiger partial charge in [0, 0.05) is 10.6 Å². The van der Waals surface area contributed by atoms with Gasteiger partial charge in [0.2, 0.25) is 0 Å². The maximum atomic E-state index is 12.7. The Hall–Kier alpha value is -2.41. The number of aryl methyl sites for hydroxylation is 1. The van der Waals surface area contributed by atoms with Crippen LogP contribution in [0.3, 0.4) is 0 Å². The van der Waals surface area contributed by atoms with Crippen molar-refractivity contribution in [1.29, 1.82) is 0 Å². The summed E-state index contributed by atoms with van der Waals surface area (Å²) in [5.74, 6) is -0.418. The molecule has 2 heterocycles. The molecule has 0 spiro atoms. The van der Waals surface area contributed by atoms with Gasteiger partial charge in [-0.05, 0) is 57.2 Å². The highest BCUT2D eigenvalue weighted by Gasteiger charge is 2.26. The zero-order valence-electron chi connectivity index (χ0n) is 14.3. The molecule has 132 valence electrons. The van der Waals surface area contributed by atoms with E-state index < -0.39 is 0 Å². The first-order valence-corrected chi connectivity index (χ1v) is 9.18. The van der Waals surface area contributed by atoms with Gasteiger partial charge in [-0.25, -0.2) is 5.43 Å². The highest BCUT2D eigenvalue weighted by Crippen LogP contribution is 2.37. The van der Waals surface area contributed by atoms with Gasteiger partial charge >= 0.3 is 0 Å². The minimum Gasteiger partial charge on any atom is -0.459 e. The monoisotopic (exact) mass is 359 g/mol. The van der Waals surface area contributed by atoms with Gasteiger partial charge in [-0.15, -0.1) is 11.3 Å². The van der Waals surface area contributed by atoms with Crippen molar-refractivity contribution in [3.05, 3.63) is 40.2 Å². The first-order chi connectivity index (χ1) is 12.1. The summed E-state index contributed by atoms with van der Waals surface area (Å²) >= 11 is 1.48. The van der Waals surface area contributed by atoms with Crippen LogP contribution >= 0.6 is 11.3 Å². The van der Waals surface area contributed by atoms with Gasteiger partial charge in [-0.3, -0.25) is 9.59 Å². The fourth-order valence-electron chi connectivity index (χ4n) is 2.86. The number of thiophene rings is 1. The summed E-state index contributed by atoms with van der Waals surface area (Å²) in [5, 5.41) is 7.41. The third-order valence-electron chi connectivity index (χ3n) is 4.00. The van der Waals surface area contributed by atoms with E-state index in [9.17, 15) is 9.59 Å². The van der Waals surface area contributed by atoms with Gasteiger partial charge in [0.25, 0.3) is 11.8 Å². The molecule has 2 amide bonds. The van der Waals surface area contributed by atoms with E-state index in [4.69, 9.17) is 4.42 Å². The minimum atomic E-state index is -0.356. The number of carbonyl (C=O) groups is 2. The van der Waals surface area contributed by atoms with Crippen molar-refractivity contribution in [3.63, 3.8) is 0 Å². The first-order valence-electron chi connectivity index (χ1n) is 8.37. The lowest BCUT2D eigenvalue weighted by Gasteiger charge is -2.07. The van der Waals surface area contributed by atoms with E-state index in [0.717, 1.165) is 43.4 Å². The van der Waals surface area contributed by atoms with Crippen molar-refractivity contribution in [2.45, 2.75) is 46.0 Å². The Balaban J connectivity index is 1.94. The van der Waals surface area contributed by atoms with Crippen molar-refractivity contribution >= 4 is 33.9 Å². The van der Waals surface area contributed by atoms with Crippen LogP contribution in [0.4, 0.5) is 5.00 Å². The summed E-state index contributed by atoms with van der Waals surface area (Å²) in [6.07, 6.45) is 6.54. The zero-order chi connectivity index (χ0) is 17.8. The van der Waals surface area contributed by atoms with Crippen LogP contribution in [-0.2, 0) is 12.8 Å². The Morgan fingerprint density at radius 3 is 2.68 bits per heavy atom. The summed E-state index contributed by atoms with van der Waals surface area (Å²) in [6.45, 7) is 3.63. The van der Waals surface area contributed by atoms with Crippen LogP contribution in [0.5, 0.6) is 0 Å². The fraction of sp³-hybridized carbons (Fsp3) is 0.389. The van der Waals surface area contributed by atoms with Crippen molar-refractivity contribution < 1.29 is 14.0 Å². The SMILES string of the molecule is CC(C)=NNC(=O)c1c(NC(=O)c2ccco2)sc2c1CCCCC2. The molecule has 0 aromatic carbocycles. The number of hydrazone groups is 1. The third-order valence-corrected chi connectivity index (χ3v) is 5.21. The molecule has 3 rings (SSSR count). The smallest absolute Gasteiger partial charge is 0.291 e. The number of carbonyl (C=O) groups excluding carboxylic acids is 2.